The van der Waals surface area contributed by atoms with Crippen LogP contribution in [0.4, 0.5) is 0 Å². The van der Waals surface area contributed by atoms with Gasteiger partial charge in [0.1, 0.15) is 0 Å². The molecule has 1 aliphatic heterocycles. The van der Waals surface area contributed by atoms with Gasteiger partial charge in [0.05, 0.1) is 0 Å². The van der Waals surface area contributed by atoms with Crippen molar-refractivity contribution in [3.63, 3.8) is 0 Å². The van der Waals surface area contributed by atoms with Crippen LogP contribution in [0.15, 0.2) is 23.9 Å². The second kappa shape index (κ2) is 2.26. The molecule has 9 heavy (non-hydrogen) atoms. The Morgan fingerprint density at radius 1 is 1.56 bits per heavy atom. The monoisotopic (exact) mass is 123 g/mol. The van der Waals surface area contributed by atoms with Crippen LogP contribution in [-0.4, -0.2) is 18.0 Å². The molecular formula is C8H13N. The summed E-state index contributed by atoms with van der Waals surface area (Å²) in [6, 6.07) is 0.579. The molecule has 0 saturated carbocycles. The highest BCUT2D eigenvalue weighted by molar-refractivity contribution is 5.20. The normalized spacial score (nSPS) is 26.3. The van der Waals surface area contributed by atoms with Gasteiger partial charge in [-0.3, -0.25) is 0 Å². The second-order valence-electron chi connectivity index (χ2n) is 2.59. The molecule has 50 valence electrons. The molecule has 0 N–H and O–H groups in total. The summed E-state index contributed by atoms with van der Waals surface area (Å²) in [5.41, 5.74) is 1.43. The fourth-order valence-corrected chi connectivity index (χ4v) is 0.920. The number of allylic oxidation sites excluding steroid dienone is 2. The van der Waals surface area contributed by atoms with Crippen LogP contribution in [0.3, 0.4) is 0 Å². The van der Waals surface area contributed by atoms with Gasteiger partial charge in [-0.25, -0.2) is 0 Å². The van der Waals surface area contributed by atoms with Crippen molar-refractivity contribution in [2.75, 3.05) is 7.05 Å². The lowest BCUT2D eigenvalue weighted by atomic mass is 10.1. The zero-order valence-corrected chi connectivity index (χ0v) is 6.26. The molecule has 0 radical (unpaired) electrons. The maximum absolute atomic E-state index is 2.20. The molecule has 0 fully saturated rings. The summed E-state index contributed by atoms with van der Waals surface area (Å²) in [4.78, 5) is 2.20. The van der Waals surface area contributed by atoms with E-state index >= 15 is 0 Å². The third-order valence-electron chi connectivity index (χ3n) is 1.95. The highest BCUT2D eigenvalue weighted by Gasteiger charge is 2.08. The first kappa shape index (κ1) is 6.40. The Hall–Kier alpha value is -0.720. The van der Waals surface area contributed by atoms with Crippen molar-refractivity contribution in [3.8, 4) is 0 Å². The molecule has 1 atom stereocenters. The van der Waals surface area contributed by atoms with E-state index in [-0.39, 0.29) is 0 Å². The van der Waals surface area contributed by atoms with Gasteiger partial charge >= 0.3 is 0 Å². The number of rotatable bonds is 0. The molecule has 1 aliphatic rings. The van der Waals surface area contributed by atoms with Crippen LogP contribution in [0, 0.1) is 0 Å². The summed E-state index contributed by atoms with van der Waals surface area (Å²) < 4.78 is 0. The van der Waals surface area contributed by atoms with Crippen LogP contribution in [0.25, 0.3) is 0 Å². The Balaban J connectivity index is 2.73. The number of likely N-dealkylation sites (N-methyl/N-ethyl adjacent to an activating group) is 1. The summed E-state index contributed by atoms with van der Waals surface area (Å²) in [6.45, 7) is 4.36. The van der Waals surface area contributed by atoms with Crippen LogP contribution in [0.2, 0.25) is 0 Å². The fraction of sp³-hybridized carbons (Fsp3) is 0.500. The van der Waals surface area contributed by atoms with E-state index in [1.54, 1.807) is 0 Å². The average Bonchev–Trinajstić information content (AvgIpc) is 1.83. The standard InChI is InChI=1S/C8H13N/c1-7-5-4-6-9(3)8(7)2/h4-6,8H,1-3H3/t8-/m1/s1. The highest BCUT2D eigenvalue weighted by atomic mass is 15.1. The quantitative estimate of drug-likeness (QED) is 0.474. The van der Waals surface area contributed by atoms with E-state index in [4.69, 9.17) is 0 Å². The molecule has 1 rings (SSSR count). The molecule has 0 aromatic rings. The molecule has 0 saturated heterocycles. The lowest BCUT2D eigenvalue weighted by Crippen LogP contribution is -2.26. The van der Waals surface area contributed by atoms with E-state index in [0.717, 1.165) is 0 Å². The molecule has 0 aliphatic carbocycles. The molecule has 0 amide bonds. The Morgan fingerprint density at radius 3 is 2.67 bits per heavy atom. The number of hydrogen-bond acceptors (Lipinski definition) is 1. The molecular weight excluding hydrogens is 110 g/mol. The Kier molecular flexibility index (Phi) is 1.60. The topological polar surface area (TPSA) is 3.24 Å². The number of hydrogen-bond donors (Lipinski definition) is 0. The summed E-state index contributed by atoms with van der Waals surface area (Å²) >= 11 is 0. The second-order valence-corrected chi connectivity index (χ2v) is 2.59. The van der Waals surface area contributed by atoms with Crippen LogP contribution >= 0.6 is 0 Å². The van der Waals surface area contributed by atoms with Crippen molar-refractivity contribution in [3.05, 3.63) is 23.9 Å². The summed E-state index contributed by atoms with van der Waals surface area (Å²) in [7, 11) is 2.09. The zero-order valence-electron chi connectivity index (χ0n) is 6.26. The molecule has 0 spiro atoms. The van der Waals surface area contributed by atoms with E-state index in [9.17, 15) is 0 Å². The van der Waals surface area contributed by atoms with Crippen molar-refractivity contribution in [2.45, 2.75) is 19.9 Å². The Morgan fingerprint density at radius 2 is 2.22 bits per heavy atom. The largest absolute Gasteiger partial charge is 0.374 e. The molecule has 0 bridgehead atoms. The predicted octanol–water partition coefficient (Wildman–Crippen LogP) is 1.78. The van der Waals surface area contributed by atoms with Crippen LogP contribution in [0.5, 0.6) is 0 Å². The maximum atomic E-state index is 2.20. The average molecular weight is 123 g/mol. The lowest BCUT2D eigenvalue weighted by Gasteiger charge is -2.26. The van der Waals surface area contributed by atoms with E-state index in [1.807, 2.05) is 0 Å². The van der Waals surface area contributed by atoms with Crippen molar-refractivity contribution >= 4 is 0 Å². The van der Waals surface area contributed by atoms with E-state index in [0.29, 0.717) is 6.04 Å². The van der Waals surface area contributed by atoms with Gasteiger partial charge in [0.2, 0.25) is 0 Å². The predicted molar refractivity (Wildman–Crippen MR) is 40.1 cm³/mol. The Bertz CT molecular complexity index is 156. The minimum atomic E-state index is 0.579. The summed E-state index contributed by atoms with van der Waals surface area (Å²) in [6.07, 6.45) is 6.33. The first-order valence-electron chi connectivity index (χ1n) is 3.28. The van der Waals surface area contributed by atoms with Crippen LogP contribution < -0.4 is 0 Å². The minimum Gasteiger partial charge on any atom is -0.374 e. The molecule has 0 aromatic carbocycles. The first-order valence-corrected chi connectivity index (χ1v) is 3.28. The van der Waals surface area contributed by atoms with Crippen molar-refractivity contribution < 1.29 is 0 Å². The van der Waals surface area contributed by atoms with Crippen LogP contribution in [-0.2, 0) is 0 Å². The Labute approximate surface area is 56.7 Å². The fourth-order valence-electron chi connectivity index (χ4n) is 0.920. The highest BCUT2D eigenvalue weighted by Crippen LogP contribution is 2.12. The van der Waals surface area contributed by atoms with E-state index in [2.05, 4.69) is 44.1 Å². The maximum Gasteiger partial charge on any atom is 0.0465 e. The molecule has 1 nitrogen and oxygen atoms in total. The van der Waals surface area contributed by atoms with E-state index < -0.39 is 0 Å². The smallest absolute Gasteiger partial charge is 0.0465 e. The van der Waals surface area contributed by atoms with Crippen LogP contribution in [0.1, 0.15) is 13.8 Å². The number of nitrogens with zero attached hydrogens (tertiary/aromatic N) is 1. The molecule has 0 aromatic heterocycles. The minimum absolute atomic E-state index is 0.579. The van der Waals surface area contributed by atoms with E-state index in [1.165, 1.54) is 5.57 Å². The van der Waals surface area contributed by atoms with Gasteiger partial charge in [-0.2, -0.15) is 0 Å². The van der Waals surface area contributed by atoms with Crippen molar-refractivity contribution in [1.82, 2.24) is 4.90 Å². The summed E-state index contributed by atoms with van der Waals surface area (Å²) in [5.74, 6) is 0. The third-order valence-corrected chi connectivity index (χ3v) is 1.95. The SMILES string of the molecule is CC1=CC=CN(C)[C@@H]1C. The van der Waals surface area contributed by atoms with Gasteiger partial charge in [-0.1, -0.05) is 11.6 Å². The summed E-state index contributed by atoms with van der Waals surface area (Å²) in [5, 5.41) is 0. The zero-order chi connectivity index (χ0) is 6.85. The van der Waals surface area contributed by atoms with Gasteiger partial charge < -0.3 is 4.90 Å². The van der Waals surface area contributed by atoms with Crippen molar-refractivity contribution in [1.29, 1.82) is 0 Å². The molecule has 0 unspecified atom stereocenters. The molecule has 1 heteroatoms. The molecule has 1 heterocycles. The van der Waals surface area contributed by atoms with Gasteiger partial charge in [0.25, 0.3) is 0 Å². The van der Waals surface area contributed by atoms with Gasteiger partial charge in [-0.05, 0) is 26.1 Å². The third kappa shape index (κ3) is 1.15. The first-order chi connectivity index (χ1) is 4.22. The van der Waals surface area contributed by atoms with Gasteiger partial charge in [0.15, 0.2) is 0 Å². The van der Waals surface area contributed by atoms with Crippen molar-refractivity contribution in [2.24, 2.45) is 0 Å². The van der Waals surface area contributed by atoms with Gasteiger partial charge in [0, 0.05) is 13.1 Å². The lowest BCUT2D eigenvalue weighted by molar-refractivity contribution is 0.387. The van der Waals surface area contributed by atoms with Gasteiger partial charge in [-0.15, -0.1) is 0 Å².